The summed E-state index contributed by atoms with van der Waals surface area (Å²) in [5.41, 5.74) is 1.89. The van der Waals surface area contributed by atoms with Crippen LogP contribution in [0, 0.1) is 0 Å². The van der Waals surface area contributed by atoms with Crippen molar-refractivity contribution in [2.75, 3.05) is 18.4 Å². The van der Waals surface area contributed by atoms with Crippen LogP contribution < -0.4 is 5.32 Å². The number of nitrogens with one attached hydrogen (secondary N) is 1. The van der Waals surface area contributed by atoms with Crippen LogP contribution in [0.1, 0.15) is 28.8 Å². The maximum absolute atomic E-state index is 12.8. The molecule has 3 aromatic carbocycles. The molecule has 0 atom stereocenters. The minimum absolute atomic E-state index is 0.0854. The summed E-state index contributed by atoms with van der Waals surface area (Å²) in [6, 6.07) is 22.0. The molecule has 1 N–H and O–H groups in total. The third-order valence-electron chi connectivity index (χ3n) is 5.25. The summed E-state index contributed by atoms with van der Waals surface area (Å²) in [4.78, 5) is 14.1. The van der Waals surface area contributed by atoms with Crippen LogP contribution in [-0.4, -0.2) is 31.7 Å². The molecule has 3 aromatic rings. The van der Waals surface area contributed by atoms with Gasteiger partial charge in [0.1, 0.15) is 0 Å². The molecule has 166 valence electrons. The number of nitrogens with zero attached hydrogens (tertiary/aromatic N) is 1. The average Bonchev–Trinajstić information content (AvgIpc) is 3.35. The number of benzene rings is 3. The summed E-state index contributed by atoms with van der Waals surface area (Å²) in [7, 11) is -3.63. The van der Waals surface area contributed by atoms with Gasteiger partial charge in [-0.05, 0) is 60.9 Å². The van der Waals surface area contributed by atoms with Crippen molar-refractivity contribution in [1.82, 2.24) is 4.31 Å². The Kier molecular flexibility index (Phi) is 7.20. The number of hydrogen-bond acceptors (Lipinski definition) is 4. The lowest BCUT2D eigenvalue weighted by Gasteiger charge is -2.16. The molecule has 1 amide bonds. The first-order valence-corrected chi connectivity index (χ1v) is 13.1. The minimum Gasteiger partial charge on any atom is -0.322 e. The van der Waals surface area contributed by atoms with Gasteiger partial charge in [-0.2, -0.15) is 4.31 Å². The highest BCUT2D eigenvalue weighted by atomic mass is 35.5. The van der Waals surface area contributed by atoms with Crippen molar-refractivity contribution in [3.8, 4) is 0 Å². The van der Waals surface area contributed by atoms with E-state index in [1.165, 1.54) is 27.4 Å². The molecule has 8 heteroatoms. The van der Waals surface area contributed by atoms with E-state index in [0.29, 0.717) is 18.8 Å². The number of sulfonamides is 1. The van der Waals surface area contributed by atoms with Crippen molar-refractivity contribution in [2.45, 2.75) is 28.4 Å². The molecular formula is C24H23ClN2O3S2. The van der Waals surface area contributed by atoms with Crippen molar-refractivity contribution >= 4 is 45.0 Å². The quantitative estimate of drug-likeness (QED) is 0.437. The van der Waals surface area contributed by atoms with Crippen molar-refractivity contribution in [2.24, 2.45) is 0 Å². The number of hydrogen-bond donors (Lipinski definition) is 1. The zero-order valence-corrected chi connectivity index (χ0v) is 19.7. The molecule has 1 fully saturated rings. The van der Waals surface area contributed by atoms with Crippen LogP contribution >= 0.6 is 23.4 Å². The van der Waals surface area contributed by atoms with Crippen molar-refractivity contribution in [1.29, 1.82) is 0 Å². The molecule has 32 heavy (non-hydrogen) atoms. The Balaban J connectivity index is 1.44. The molecule has 0 saturated carbocycles. The number of anilines is 1. The zero-order valence-electron chi connectivity index (χ0n) is 17.3. The first-order chi connectivity index (χ1) is 15.4. The largest absolute Gasteiger partial charge is 0.322 e. The Morgan fingerprint density at radius 3 is 2.34 bits per heavy atom. The van der Waals surface area contributed by atoms with E-state index in [4.69, 9.17) is 11.6 Å². The molecule has 1 aliphatic rings. The number of thioether (sulfide) groups is 1. The molecular weight excluding hydrogens is 464 g/mol. The normalized spacial score (nSPS) is 14.4. The fourth-order valence-electron chi connectivity index (χ4n) is 3.48. The van der Waals surface area contributed by atoms with Gasteiger partial charge in [0, 0.05) is 29.4 Å². The zero-order chi connectivity index (χ0) is 22.6. The predicted octanol–water partition coefficient (Wildman–Crippen LogP) is 5.67. The number of carbonyl (C=O) groups is 1. The maximum atomic E-state index is 12.8. The summed E-state index contributed by atoms with van der Waals surface area (Å²) in [5.74, 6) is 0.375. The van der Waals surface area contributed by atoms with Gasteiger partial charge in [0.25, 0.3) is 5.91 Å². The molecule has 0 aromatic heterocycles. The lowest BCUT2D eigenvalue weighted by atomic mass is 10.2. The Labute approximate surface area is 197 Å². The van der Waals surface area contributed by atoms with Gasteiger partial charge in [-0.25, -0.2) is 8.42 Å². The second-order valence-corrected chi connectivity index (χ2v) is 10.9. The van der Waals surface area contributed by atoms with Crippen LogP contribution in [0.5, 0.6) is 0 Å². The number of amides is 1. The standard InChI is InChI=1S/C24H23ClN2O3S2/c25-23-13-12-21(32(29,30)27-14-4-5-15-27)16-22(23)24(28)26-19-10-8-18(9-11-19)17-31-20-6-2-1-3-7-20/h1-3,6-13,16H,4-5,14-15,17H2,(H,26,28). The molecule has 1 saturated heterocycles. The molecule has 4 rings (SSSR count). The summed E-state index contributed by atoms with van der Waals surface area (Å²) < 4.78 is 27.1. The molecule has 0 aliphatic carbocycles. The summed E-state index contributed by atoms with van der Waals surface area (Å²) in [5, 5.41) is 3.02. The minimum atomic E-state index is -3.63. The van der Waals surface area contributed by atoms with Crippen molar-refractivity contribution in [3.05, 3.63) is 88.9 Å². The van der Waals surface area contributed by atoms with Gasteiger partial charge < -0.3 is 5.32 Å². The maximum Gasteiger partial charge on any atom is 0.257 e. The third-order valence-corrected chi connectivity index (χ3v) is 8.55. The Hall–Kier alpha value is -2.32. The summed E-state index contributed by atoms with van der Waals surface area (Å²) >= 11 is 7.96. The highest BCUT2D eigenvalue weighted by Crippen LogP contribution is 2.27. The average molecular weight is 487 g/mol. The first kappa shape index (κ1) is 22.9. The Morgan fingerprint density at radius 2 is 1.66 bits per heavy atom. The highest BCUT2D eigenvalue weighted by Gasteiger charge is 2.28. The van der Waals surface area contributed by atoms with E-state index in [1.807, 2.05) is 42.5 Å². The van der Waals surface area contributed by atoms with Gasteiger partial charge >= 0.3 is 0 Å². The molecule has 0 radical (unpaired) electrons. The Morgan fingerprint density at radius 1 is 0.969 bits per heavy atom. The smallest absolute Gasteiger partial charge is 0.257 e. The topological polar surface area (TPSA) is 66.5 Å². The van der Waals surface area contributed by atoms with E-state index in [9.17, 15) is 13.2 Å². The van der Waals surface area contributed by atoms with E-state index < -0.39 is 15.9 Å². The lowest BCUT2D eigenvalue weighted by Crippen LogP contribution is -2.28. The van der Waals surface area contributed by atoms with Gasteiger partial charge in [0.15, 0.2) is 0 Å². The van der Waals surface area contributed by atoms with Gasteiger partial charge in [0.05, 0.1) is 15.5 Å². The molecule has 5 nitrogen and oxygen atoms in total. The highest BCUT2D eigenvalue weighted by molar-refractivity contribution is 7.98. The fraction of sp³-hybridized carbons (Fsp3) is 0.208. The lowest BCUT2D eigenvalue weighted by molar-refractivity contribution is 0.102. The van der Waals surface area contributed by atoms with E-state index in [-0.39, 0.29) is 15.5 Å². The monoisotopic (exact) mass is 486 g/mol. The number of halogens is 1. The van der Waals surface area contributed by atoms with Crippen molar-refractivity contribution < 1.29 is 13.2 Å². The second kappa shape index (κ2) is 10.1. The fourth-order valence-corrected chi connectivity index (χ4v) is 6.11. The second-order valence-electron chi connectivity index (χ2n) is 7.51. The molecule has 0 bridgehead atoms. The SMILES string of the molecule is O=C(Nc1ccc(CSc2ccccc2)cc1)c1cc(S(=O)(=O)N2CCCC2)ccc1Cl. The number of carbonyl (C=O) groups excluding carboxylic acids is 1. The van der Waals surface area contributed by atoms with Gasteiger partial charge in [-0.3, -0.25) is 4.79 Å². The van der Waals surface area contributed by atoms with E-state index in [1.54, 1.807) is 11.8 Å². The van der Waals surface area contributed by atoms with Crippen LogP contribution in [-0.2, 0) is 15.8 Å². The van der Waals surface area contributed by atoms with Gasteiger partial charge in [-0.15, -0.1) is 11.8 Å². The number of rotatable bonds is 7. The van der Waals surface area contributed by atoms with E-state index in [0.717, 1.165) is 24.2 Å². The summed E-state index contributed by atoms with van der Waals surface area (Å²) in [6.45, 7) is 1.00. The molecule has 1 aliphatic heterocycles. The predicted molar refractivity (Wildman–Crippen MR) is 130 cm³/mol. The first-order valence-electron chi connectivity index (χ1n) is 10.3. The van der Waals surface area contributed by atoms with Crippen LogP contribution in [0.15, 0.2) is 82.6 Å². The third kappa shape index (κ3) is 5.35. The van der Waals surface area contributed by atoms with E-state index in [2.05, 4.69) is 17.4 Å². The summed E-state index contributed by atoms with van der Waals surface area (Å²) in [6.07, 6.45) is 1.69. The molecule has 0 spiro atoms. The van der Waals surface area contributed by atoms with Crippen molar-refractivity contribution in [3.63, 3.8) is 0 Å². The van der Waals surface area contributed by atoms with Gasteiger partial charge in [-0.1, -0.05) is 41.9 Å². The molecule has 1 heterocycles. The van der Waals surface area contributed by atoms with Crippen LogP contribution in [0.4, 0.5) is 5.69 Å². The van der Waals surface area contributed by atoms with Crippen LogP contribution in [0.3, 0.4) is 0 Å². The van der Waals surface area contributed by atoms with Crippen LogP contribution in [0.25, 0.3) is 0 Å². The Bertz CT molecular complexity index is 1190. The van der Waals surface area contributed by atoms with E-state index >= 15 is 0 Å². The van der Waals surface area contributed by atoms with Crippen LogP contribution in [0.2, 0.25) is 5.02 Å². The van der Waals surface area contributed by atoms with Gasteiger partial charge in [0.2, 0.25) is 10.0 Å². The molecule has 0 unspecified atom stereocenters.